The third-order valence-corrected chi connectivity index (χ3v) is 6.90. The number of hydrogen-bond acceptors (Lipinski definition) is 6. The van der Waals surface area contributed by atoms with Crippen LogP contribution in [-0.2, 0) is 11.3 Å². The number of para-hydroxylation sites is 2. The van der Waals surface area contributed by atoms with Crippen molar-refractivity contribution in [3.05, 3.63) is 78.9 Å². The van der Waals surface area contributed by atoms with Gasteiger partial charge in [0.05, 0.1) is 24.1 Å². The summed E-state index contributed by atoms with van der Waals surface area (Å²) in [5.41, 5.74) is 1.67. The van der Waals surface area contributed by atoms with Crippen LogP contribution < -0.4 is 10.1 Å². The maximum Gasteiger partial charge on any atom is 0.234 e. The minimum Gasteiger partial charge on any atom is -0.496 e. The maximum absolute atomic E-state index is 12.7. The number of benzene rings is 3. The average molecular weight is 477 g/mol. The number of nitrogens with zero attached hydrogens (tertiary/aromatic N) is 3. The number of amides is 1. The van der Waals surface area contributed by atoms with Crippen LogP contribution in [0.15, 0.2) is 93.8 Å². The van der Waals surface area contributed by atoms with E-state index in [0.29, 0.717) is 11.7 Å². The fourth-order valence-corrected chi connectivity index (χ4v) is 5.03. The Bertz CT molecular complexity index is 1230. The number of anilines is 1. The van der Waals surface area contributed by atoms with Crippen LogP contribution in [0.25, 0.3) is 11.4 Å². The lowest BCUT2D eigenvalue weighted by atomic mass is 10.2. The smallest absolute Gasteiger partial charge is 0.234 e. The van der Waals surface area contributed by atoms with Crippen LogP contribution in [0.4, 0.5) is 5.69 Å². The molecule has 0 saturated heterocycles. The summed E-state index contributed by atoms with van der Waals surface area (Å²) in [6.45, 7) is 2.71. The molecule has 0 bridgehead atoms. The van der Waals surface area contributed by atoms with Gasteiger partial charge in [0.1, 0.15) is 5.75 Å². The molecule has 1 amide bonds. The Morgan fingerprint density at radius 1 is 0.970 bits per heavy atom. The molecule has 8 heteroatoms. The van der Waals surface area contributed by atoms with E-state index < -0.39 is 0 Å². The van der Waals surface area contributed by atoms with Gasteiger partial charge in [-0.1, -0.05) is 66.0 Å². The van der Waals surface area contributed by atoms with Crippen molar-refractivity contribution >= 4 is 35.1 Å². The van der Waals surface area contributed by atoms with E-state index in [1.165, 1.54) is 11.8 Å². The Morgan fingerprint density at radius 2 is 1.70 bits per heavy atom. The topological polar surface area (TPSA) is 69.0 Å². The lowest BCUT2D eigenvalue weighted by Crippen LogP contribution is -2.15. The van der Waals surface area contributed by atoms with Gasteiger partial charge in [0, 0.05) is 16.3 Å². The number of rotatable bonds is 9. The van der Waals surface area contributed by atoms with E-state index in [9.17, 15) is 4.79 Å². The summed E-state index contributed by atoms with van der Waals surface area (Å²) in [6, 6.07) is 25.6. The van der Waals surface area contributed by atoms with E-state index >= 15 is 0 Å². The Hall–Kier alpha value is -3.23. The molecule has 168 valence electrons. The zero-order valence-corrected chi connectivity index (χ0v) is 20.0. The molecule has 1 N–H and O–H groups in total. The summed E-state index contributed by atoms with van der Waals surface area (Å²) in [5.74, 6) is 1.60. The molecule has 3 aromatic carbocycles. The SMILES string of the molecule is CCn1c(SCC(=O)Nc2ccccc2Sc2ccccc2)nnc1-c1ccccc1OC. The summed E-state index contributed by atoms with van der Waals surface area (Å²) in [5, 5.41) is 12.4. The zero-order valence-electron chi connectivity index (χ0n) is 18.4. The molecular weight excluding hydrogens is 452 g/mol. The van der Waals surface area contributed by atoms with Crippen molar-refractivity contribution < 1.29 is 9.53 Å². The third-order valence-electron chi connectivity index (χ3n) is 4.85. The van der Waals surface area contributed by atoms with Gasteiger partial charge in [0.25, 0.3) is 0 Å². The van der Waals surface area contributed by atoms with Crippen LogP contribution in [0.3, 0.4) is 0 Å². The Balaban J connectivity index is 1.45. The molecule has 0 radical (unpaired) electrons. The highest BCUT2D eigenvalue weighted by Gasteiger charge is 2.17. The lowest BCUT2D eigenvalue weighted by Gasteiger charge is -2.11. The number of carbonyl (C=O) groups excluding carboxylic acids is 1. The van der Waals surface area contributed by atoms with E-state index in [1.54, 1.807) is 18.9 Å². The largest absolute Gasteiger partial charge is 0.496 e. The fourth-order valence-electron chi connectivity index (χ4n) is 3.30. The molecule has 0 saturated carbocycles. The number of carbonyl (C=O) groups is 1. The van der Waals surface area contributed by atoms with Crippen molar-refractivity contribution in [3.63, 3.8) is 0 Å². The standard InChI is InChI=1S/C25H24N4O2S2/c1-3-29-24(19-13-7-9-15-21(19)31-2)27-28-25(29)32-17-23(30)26-20-14-8-10-16-22(20)33-18-11-5-4-6-12-18/h4-16H,3,17H2,1-2H3,(H,26,30). The van der Waals surface area contributed by atoms with Gasteiger partial charge in [0.15, 0.2) is 11.0 Å². The number of methoxy groups -OCH3 is 1. The number of thioether (sulfide) groups is 1. The van der Waals surface area contributed by atoms with Gasteiger partial charge in [-0.3, -0.25) is 4.79 Å². The predicted molar refractivity (Wildman–Crippen MR) is 134 cm³/mol. The first-order valence-corrected chi connectivity index (χ1v) is 12.3. The predicted octanol–water partition coefficient (Wildman–Crippen LogP) is 5.86. The van der Waals surface area contributed by atoms with E-state index in [2.05, 4.69) is 27.6 Å². The third kappa shape index (κ3) is 5.58. The highest BCUT2D eigenvalue weighted by molar-refractivity contribution is 8.00. The average Bonchev–Trinajstić information content (AvgIpc) is 3.27. The van der Waals surface area contributed by atoms with Crippen LogP contribution in [-0.4, -0.2) is 33.5 Å². The molecule has 0 fully saturated rings. The summed E-state index contributed by atoms with van der Waals surface area (Å²) in [6.07, 6.45) is 0. The van der Waals surface area contributed by atoms with Gasteiger partial charge in [-0.2, -0.15) is 0 Å². The summed E-state index contributed by atoms with van der Waals surface area (Å²) < 4.78 is 7.47. The number of ether oxygens (including phenoxy) is 1. The normalized spacial score (nSPS) is 10.7. The summed E-state index contributed by atoms with van der Waals surface area (Å²) in [7, 11) is 1.64. The highest BCUT2D eigenvalue weighted by atomic mass is 32.2. The molecule has 33 heavy (non-hydrogen) atoms. The Morgan fingerprint density at radius 3 is 2.48 bits per heavy atom. The molecule has 0 unspecified atom stereocenters. The zero-order chi connectivity index (χ0) is 23.0. The van der Waals surface area contributed by atoms with E-state index in [-0.39, 0.29) is 11.7 Å². The molecule has 4 aromatic rings. The van der Waals surface area contributed by atoms with Crippen molar-refractivity contribution in [2.24, 2.45) is 0 Å². The highest BCUT2D eigenvalue weighted by Crippen LogP contribution is 2.34. The number of nitrogens with one attached hydrogen (secondary N) is 1. The van der Waals surface area contributed by atoms with Gasteiger partial charge in [-0.25, -0.2) is 0 Å². The molecule has 0 aliphatic rings. The van der Waals surface area contributed by atoms with E-state index in [1.807, 2.05) is 78.2 Å². The van der Waals surface area contributed by atoms with Crippen LogP contribution in [0.1, 0.15) is 6.92 Å². The molecule has 0 atom stereocenters. The molecule has 4 rings (SSSR count). The molecule has 0 aliphatic carbocycles. The molecule has 1 heterocycles. The van der Waals surface area contributed by atoms with Crippen LogP contribution in [0, 0.1) is 0 Å². The van der Waals surface area contributed by atoms with Gasteiger partial charge < -0.3 is 14.6 Å². The summed E-state index contributed by atoms with van der Waals surface area (Å²) >= 11 is 2.99. The van der Waals surface area contributed by atoms with Gasteiger partial charge in [0.2, 0.25) is 5.91 Å². The van der Waals surface area contributed by atoms with Gasteiger partial charge in [-0.05, 0) is 43.3 Å². The van der Waals surface area contributed by atoms with E-state index in [4.69, 9.17) is 4.74 Å². The van der Waals surface area contributed by atoms with E-state index in [0.717, 1.165) is 32.6 Å². The second kappa shape index (κ2) is 11.1. The monoisotopic (exact) mass is 476 g/mol. The van der Waals surface area contributed by atoms with Crippen molar-refractivity contribution in [3.8, 4) is 17.1 Å². The minimum atomic E-state index is -0.0920. The van der Waals surface area contributed by atoms with Gasteiger partial charge >= 0.3 is 0 Å². The van der Waals surface area contributed by atoms with Crippen LogP contribution in [0.2, 0.25) is 0 Å². The quantitative estimate of drug-likeness (QED) is 0.305. The van der Waals surface area contributed by atoms with Crippen LogP contribution in [0.5, 0.6) is 5.75 Å². The fraction of sp³-hybridized carbons (Fsp3) is 0.160. The molecule has 1 aromatic heterocycles. The maximum atomic E-state index is 12.7. The number of hydrogen-bond donors (Lipinski definition) is 1. The van der Waals surface area contributed by atoms with Gasteiger partial charge in [-0.15, -0.1) is 10.2 Å². The summed E-state index contributed by atoms with van der Waals surface area (Å²) in [4.78, 5) is 14.9. The second-order valence-electron chi connectivity index (χ2n) is 7.00. The minimum absolute atomic E-state index is 0.0920. The van der Waals surface area contributed by atoms with Crippen molar-refractivity contribution in [2.75, 3.05) is 18.2 Å². The first kappa shape index (κ1) is 22.9. The first-order valence-electron chi connectivity index (χ1n) is 10.5. The Kier molecular flexibility index (Phi) is 7.70. The molecule has 0 spiro atoms. The molecule has 0 aliphatic heterocycles. The molecular formula is C25H24N4O2S2. The van der Waals surface area contributed by atoms with Crippen molar-refractivity contribution in [1.82, 2.24) is 14.8 Å². The van der Waals surface area contributed by atoms with Crippen molar-refractivity contribution in [1.29, 1.82) is 0 Å². The lowest BCUT2D eigenvalue weighted by molar-refractivity contribution is -0.113. The Labute approximate surface area is 201 Å². The second-order valence-corrected chi connectivity index (χ2v) is 9.06. The first-order chi connectivity index (χ1) is 16.2. The van der Waals surface area contributed by atoms with Crippen LogP contribution >= 0.6 is 23.5 Å². The molecule has 6 nitrogen and oxygen atoms in total. The number of aromatic nitrogens is 3. The van der Waals surface area contributed by atoms with Crippen molar-refractivity contribution in [2.45, 2.75) is 28.4 Å².